The summed E-state index contributed by atoms with van der Waals surface area (Å²) in [6.07, 6.45) is 0.790. The highest BCUT2D eigenvalue weighted by molar-refractivity contribution is 14.0. The van der Waals surface area contributed by atoms with E-state index in [4.69, 9.17) is 4.99 Å². The fraction of sp³-hybridized carbons (Fsp3) is 0.368. The van der Waals surface area contributed by atoms with Gasteiger partial charge in [-0.1, -0.05) is 12.1 Å². The van der Waals surface area contributed by atoms with Crippen molar-refractivity contribution in [1.29, 1.82) is 0 Å². The van der Waals surface area contributed by atoms with E-state index in [0.717, 1.165) is 34.8 Å². The van der Waals surface area contributed by atoms with Crippen LogP contribution in [-0.2, 0) is 13.0 Å². The van der Waals surface area contributed by atoms with Gasteiger partial charge in [-0.2, -0.15) is 0 Å². The molecule has 0 atom stereocenters. The van der Waals surface area contributed by atoms with Gasteiger partial charge in [0, 0.05) is 37.6 Å². The number of halogens is 2. The van der Waals surface area contributed by atoms with Crippen LogP contribution >= 0.6 is 51.2 Å². The van der Waals surface area contributed by atoms with Gasteiger partial charge in [-0.3, -0.25) is 9.79 Å². The second kappa shape index (κ2) is 12.4. The maximum absolute atomic E-state index is 11.7. The minimum absolute atomic E-state index is 0. The smallest absolute Gasteiger partial charge is 0.251 e. The first-order valence-corrected chi connectivity index (χ1v) is 10.2. The lowest BCUT2D eigenvalue weighted by molar-refractivity contribution is 0.0963. The number of carbonyl (C=O) groups excluding carboxylic acids is 1. The van der Waals surface area contributed by atoms with Crippen LogP contribution < -0.4 is 10.6 Å². The van der Waals surface area contributed by atoms with E-state index in [1.54, 1.807) is 18.4 Å². The summed E-state index contributed by atoms with van der Waals surface area (Å²) in [7, 11) is 3.69. The predicted molar refractivity (Wildman–Crippen MR) is 128 cm³/mol. The average molecular weight is 565 g/mol. The number of amides is 1. The first-order chi connectivity index (χ1) is 12.5. The SMILES string of the molecule is CCNC(=NCCc1cccc(C(=O)NC)c1)N(C)Cc1ccc(Br)s1.I. The Kier molecular flexibility index (Phi) is 10.9. The molecule has 0 aliphatic heterocycles. The molecule has 0 bridgehead atoms. The van der Waals surface area contributed by atoms with E-state index >= 15 is 0 Å². The Labute approximate surface area is 190 Å². The molecule has 1 amide bonds. The van der Waals surface area contributed by atoms with Crippen molar-refractivity contribution in [2.45, 2.75) is 19.9 Å². The Bertz CT molecular complexity index is 766. The maximum atomic E-state index is 11.7. The average Bonchev–Trinajstić information content (AvgIpc) is 3.05. The zero-order valence-electron chi connectivity index (χ0n) is 15.8. The van der Waals surface area contributed by atoms with Crippen LogP contribution in [0.3, 0.4) is 0 Å². The molecule has 8 heteroatoms. The number of nitrogens with one attached hydrogen (secondary N) is 2. The number of hydrogen-bond donors (Lipinski definition) is 2. The van der Waals surface area contributed by atoms with Gasteiger partial charge in [0.1, 0.15) is 0 Å². The molecule has 0 spiro atoms. The second-order valence-corrected chi connectivity index (χ2v) is 8.37. The molecular weight excluding hydrogens is 539 g/mol. The van der Waals surface area contributed by atoms with Crippen LogP contribution in [0.4, 0.5) is 0 Å². The standard InChI is InChI=1S/C19H25BrN4OS.HI/c1-4-22-19(24(3)13-16-8-9-17(20)26-16)23-11-10-14-6-5-7-15(12-14)18(25)21-2;/h5-9,12H,4,10-11,13H2,1-3H3,(H,21,25)(H,22,23);1H. The maximum Gasteiger partial charge on any atom is 0.251 e. The summed E-state index contributed by atoms with van der Waals surface area (Å²) >= 11 is 5.24. The van der Waals surface area contributed by atoms with Crippen LogP contribution in [0.1, 0.15) is 27.7 Å². The molecule has 0 fully saturated rings. The Morgan fingerprint density at radius 3 is 2.70 bits per heavy atom. The van der Waals surface area contributed by atoms with Gasteiger partial charge in [-0.05, 0) is 59.1 Å². The summed E-state index contributed by atoms with van der Waals surface area (Å²) in [6.45, 7) is 4.37. The number of nitrogens with zero attached hydrogens (tertiary/aromatic N) is 2. The molecule has 5 nitrogen and oxygen atoms in total. The van der Waals surface area contributed by atoms with Crippen molar-refractivity contribution in [2.75, 3.05) is 27.2 Å². The Balaban J connectivity index is 0.00000364. The number of hydrogen-bond acceptors (Lipinski definition) is 3. The molecule has 1 aromatic heterocycles. The molecule has 2 rings (SSSR count). The van der Waals surface area contributed by atoms with Gasteiger partial charge in [0.2, 0.25) is 0 Å². The van der Waals surface area contributed by atoms with Crippen LogP contribution in [0, 0.1) is 0 Å². The Morgan fingerprint density at radius 1 is 1.30 bits per heavy atom. The molecule has 0 aliphatic rings. The van der Waals surface area contributed by atoms with E-state index in [1.165, 1.54) is 4.88 Å². The largest absolute Gasteiger partial charge is 0.357 e. The zero-order valence-corrected chi connectivity index (χ0v) is 20.5. The first-order valence-electron chi connectivity index (χ1n) is 8.58. The highest BCUT2D eigenvalue weighted by atomic mass is 127. The number of rotatable bonds is 7. The van der Waals surface area contributed by atoms with Crippen LogP contribution in [0.25, 0.3) is 0 Å². The van der Waals surface area contributed by atoms with Crippen molar-refractivity contribution in [3.63, 3.8) is 0 Å². The van der Waals surface area contributed by atoms with Crippen molar-refractivity contribution >= 4 is 63.1 Å². The van der Waals surface area contributed by atoms with E-state index in [0.29, 0.717) is 12.1 Å². The molecule has 0 radical (unpaired) electrons. The van der Waals surface area contributed by atoms with Crippen molar-refractivity contribution in [1.82, 2.24) is 15.5 Å². The quantitative estimate of drug-likeness (QED) is 0.302. The zero-order chi connectivity index (χ0) is 18.9. The van der Waals surface area contributed by atoms with E-state index in [1.807, 2.05) is 31.3 Å². The van der Waals surface area contributed by atoms with E-state index in [9.17, 15) is 4.79 Å². The second-order valence-electron chi connectivity index (χ2n) is 5.83. The summed E-state index contributed by atoms with van der Waals surface area (Å²) in [5, 5.41) is 5.99. The highest BCUT2D eigenvalue weighted by Crippen LogP contribution is 2.23. The topological polar surface area (TPSA) is 56.7 Å². The molecule has 27 heavy (non-hydrogen) atoms. The van der Waals surface area contributed by atoms with Gasteiger partial charge in [0.25, 0.3) is 5.91 Å². The van der Waals surface area contributed by atoms with Gasteiger partial charge in [0.15, 0.2) is 5.96 Å². The molecule has 1 aromatic carbocycles. The van der Waals surface area contributed by atoms with Crippen molar-refractivity contribution < 1.29 is 4.79 Å². The number of benzene rings is 1. The Hall–Kier alpha value is -1.13. The number of guanidine groups is 1. The minimum Gasteiger partial charge on any atom is -0.357 e. The highest BCUT2D eigenvalue weighted by Gasteiger charge is 2.08. The van der Waals surface area contributed by atoms with Gasteiger partial charge in [0.05, 0.1) is 10.3 Å². The fourth-order valence-corrected chi connectivity index (χ4v) is 4.06. The van der Waals surface area contributed by atoms with Crippen LogP contribution in [-0.4, -0.2) is 44.0 Å². The molecule has 1 heterocycles. The molecule has 0 aliphatic carbocycles. The number of carbonyl (C=O) groups is 1. The third kappa shape index (κ3) is 7.79. The first kappa shape index (κ1) is 23.9. The van der Waals surface area contributed by atoms with Crippen LogP contribution in [0.5, 0.6) is 0 Å². The molecule has 148 valence electrons. The van der Waals surface area contributed by atoms with Gasteiger partial charge >= 0.3 is 0 Å². The van der Waals surface area contributed by atoms with Crippen LogP contribution in [0.15, 0.2) is 45.2 Å². The summed E-state index contributed by atoms with van der Waals surface area (Å²) in [4.78, 5) is 19.9. The summed E-state index contributed by atoms with van der Waals surface area (Å²) in [5.74, 6) is 0.824. The number of aliphatic imine (C=N–C) groups is 1. The summed E-state index contributed by atoms with van der Waals surface area (Å²) in [5.41, 5.74) is 1.79. The summed E-state index contributed by atoms with van der Waals surface area (Å²) in [6, 6.07) is 11.9. The van der Waals surface area contributed by atoms with E-state index < -0.39 is 0 Å². The van der Waals surface area contributed by atoms with E-state index in [-0.39, 0.29) is 29.9 Å². The molecule has 0 saturated heterocycles. The predicted octanol–water partition coefficient (Wildman–Crippen LogP) is 4.13. The molecule has 0 unspecified atom stereocenters. The summed E-state index contributed by atoms with van der Waals surface area (Å²) < 4.78 is 1.14. The number of thiophene rings is 1. The lowest BCUT2D eigenvalue weighted by Gasteiger charge is -2.21. The third-order valence-electron chi connectivity index (χ3n) is 3.80. The van der Waals surface area contributed by atoms with Crippen molar-refractivity contribution in [3.05, 3.63) is 56.2 Å². The van der Waals surface area contributed by atoms with Gasteiger partial charge < -0.3 is 15.5 Å². The van der Waals surface area contributed by atoms with Crippen molar-refractivity contribution in [2.24, 2.45) is 4.99 Å². The molecular formula is C19H26BrIN4OS. The molecule has 0 saturated carbocycles. The minimum atomic E-state index is -0.0643. The van der Waals surface area contributed by atoms with Crippen molar-refractivity contribution in [3.8, 4) is 0 Å². The van der Waals surface area contributed by atoms with Gasteiger partial charge in [-0.25, -0.2) is 0 Å². The van der Waals surface area contributed by atoms with E-state index in [2.05, 4.69) is 50.5 Å². The lowest BCUT2D eigenvalue weighted by Crippen LogP contribution is -2.38. The molecule has 2 aromatic rings. The Morgan fingerprint density at radius 2 is 2.07 bits per heavy atom. The normalized spacial score (nSPS) is 10.9. The van der Waals surface area contributed by atoms with Gasteiger partial charge in [-0.15, -0.1) is 35.3 Å². The lowest BCUT2D eigenvalue weighted by atomic mass is 10.1. The monoisotopic (exact) mass is 564 g/mol. The third-order valence-corrected chi connectivity index (χ3v) is 5.41. The fourth-order valence-electron chi connectivity index (χ4n) is 2.52. The van der Waals surface area contributed by atoms with Crippen LogP contribution in [0.2, 0.25) is 0 Å². The molecule has 2 N–H and O–H groups in total.